The molecular formula is C22H20BrNO4S. The smallest absolute Gasteiger partial charge is 0.264 e. The molecule has 0 heterocycles. The number of halogens is 1. The highest BCUT2D eigenvalue weighted by Crippen LogP contribution is 2.41. The van der Waals surface area contributed by atoms with E-state index in [9.17, 15) is 13.2 Å². The van der Waals surface area contributed by atoms with Gasteiger partial charge in [0.25, 0.3) is 10.0 Å². The molecule has 4 rings (SSSR count). The number of nitrogens with one attached hydrogen (secondary N) is 1. The van der Waals surface area contributed by atoms with Gasteiger partial charge in [-0.15, -0.1) is 0 Å². The van der Waals surface area contributed by atoms with E-state index in [-0.39, 0.29) is 4.90 Å². The summed E-state index contributed by atoms with van der Waals surface area (Å²) in [5.41, 5.74) is 1.76. The van der Waals surface area contributed by atoms with Crippen molar-refractivity contribution in [2.24, 2.45) is 0 Å². The van der Waals surface area contributed by atoms with Crippen molar-refractivity contribution < 1.29 is 17.9 Å². The second kappa shape index (κ2) is 7.80. The van der Waals surface area contributed by atoms with Crippen LogP contribution in [0.4, 0.5) is 0 Å². The van der Waals surface area contributed by atoms with Gasteiger partial charge in [-0.05, 0) is 54.0 Å². The van der Waals surface area contributed by atoms with E-state index in [4.69, 9.17) is 4.74 Å². The van der Waals surface area contributed by atoms with Gasteiger partial charge >= 0.3 is 0 Å². The molecule has 7 heteroatoms. The number of hydrogen-bond acceptors (Lipinski definition) is 4. The van der Waals surface area contributed by atoms with Crippen LogP contribution in [-0.2, 0) is 21.2 Å². The van der Waals surface area contributed by atoms with Gasteiger partial charge in [-0.3, -0.25) is 4.79 Å². The molecule has 1 amide bonds. The van der Waals surface area contributed by atoms with Gasteiger partial charge < -0.3 is 4.74 Å². The predicted octanol–water partition coefficient (Wildman–Crippen LogP) is 4.54. The molecule has 0 fully saturated rings. The molecule has 5 nitrogen and oxygen atoms in total. The zero-order chi connectivity index (χ0) is 20.6. The van der Waals surface area contributed by atoms with Crippen LogP contribution in [0.3, 0.4) is 0 Å². The molecule has 0 saturated heterocycles. The van der Waals surface area contributed by atoms with Gasteiger partial charge in [0, 0.05) is 9.86 Å². The Morgan fingerprint density at radius 2 is 1.86 bits per heavy atom. The number of carbonyl (C=O) groups is 1. The summed E-state index contributed by atoms with van der Waals surface area (Å²) < 4.78 is 34.6. The van der Waals surface area contributed by atoms with Gasteiger partial charge in [0.15, 0.2) is 0 Å². The summed E-state index contributed by atoms with van der Waals surface area (Å²) in [6, 6.07) is 16.0. The summed E-state index contributed by atoms with van der Waals surface area (Å²) in [5.74, 6) is -0.363. The fraction of sp³-hybridized carbons (Fsp3) is 0.227. The minimum absolute atomic E-state index is 0.102. The second-order valence-electron chi connectivity index (χ2n) is 7.03. The first-order valence-electron chi connectivity index (χ1n) is 9.32. The van der Waals surface area contributed by atoms with Gasteiger partial charge in [0.2, 0.25) is 5.91 Å². The number of fused-ring (bicyclic) bond motifs is 2. The van der Waals surface area contributed by atoms with E-state index in [1.54, 1.807) is 25.3 Å². The molecule has 0 bridgehead atoms. The zero-order valence-electron chi connectivity index (χ0n) is 15.8. The monoisotopic (exact) mass is 473 g/mol. The maximum absolute atomic E-state index is 13.1. The Labute approximate surface area is 178 Å². The fourth-order valence-electron chi connectivity index (χ4n) is 4.02. The Kier molecular flexibility index (Phi) is 5.36. The summed E-state index contributed by atoms with van der Waals surface area (Å²) in [5, 5.41) is 1.39. The standard InChI is InChI=1S/C22H20BrNO4S/c1-28-19-13-12-18(23)21-16(19)9-5-10-17(21)22(25)24-29(26,27)20-11-4-7-14-6-2-3-8-15(14)20/h2-4,6-8,11-13,17H,5,9-10H2,1H3,(H,24,25)/t17-/m1/s1. The fourth-order valence-corrected chi connectivity index (χ4v) is 5.92. The molecular weight excluding hydrogens is 454 g/mol. The van der Waals surface area contributed by atoms with Crippen LogP contribution in [-0.4, -0.2) is 21.4 Å². The first kappa shape index (κ1) is 19.9. The van der Waals surface area contributed by atoms with Crippen LogP contribution >= 0.6 is 15.9 Å². The number of methoxy groups -OCH3 is 1. The molecule has 0 spiro atoms. The molecule has 0 saturated carbocycles. The molecule has 29 heavy (non-hydrogen) atoms. The van der Waals surface area contributed by atoms with E-state index in [1.165, 1.54) is 6.07 Å². The lowest BCUT2D eigenvalue weighted by Gasteiger charge is -2.27. The maximum atomic E-state index is 13.1. The first-order valence-corrected chi connectivity index (χ1v) is 11.6. The molecule has 1 aliphatic carbocycles. The molecule has 1 atom stereocenters. The highest BCUT2D eigenvalue weighted by molar-refractivity contribution is 9.10. The Hall–Kier alpha value is -2.38. The lowest BCUT2D eigenvalue weighted by Crippen LogP contribution is -2.36. The quantitative estimate of drug-likeness (QED) is 0.603. The Morgan fingerprint density at radius 3 is 2.66 bits per heavy atom. The minimum atomic E-state index is -4.01. The molecule has 0 aliphatic heterocycles. The number of benzene rings is 3. The molecule has 0 unspecified atom stereocenters. The number of carbonyl (C=O) groups excluding carboxylic acids is 1. The Morgan fingerprint density at radius 1 is 1.10 bits per heavy atom. The van der Waals surface area contributed by atoms with Gasteiger partial charge in [0.05, 0.1) is 17.9 Å². The lowest BCUT2D eigenvalue weighted by atomic mass is 9.82. The summed E-state index contributed by atoms with van der Waals surface area (Å²) in [6.45, 7) is 0. The summed E-state index contributed by atoms with van der Waals surface area (Å²) in [7, 11) is -2.42. The molecule has 3 aromatic carbocycles. The maximum Gasteiger partial charge on any atom is 0.264 e. The third-order valence-corrected chi connectivity index (χ3v) is 7.44. The third kappa shape index (κ3) is 3.65. The van der Waals surface area contributed by atoms with Crippen LogP contribution < -0.4 is 9.46 Å². The Bertz CT molecular complexity index is 1200. The van der Waals surface area contributed by atoms with E-state index < -0.39 is 21.8 Å². The molecule has 1 aliphatic rings. The topological polar surface area (TPSA) is 72.5 Å². The minimum Gasteiger partial charge on any atom is -0.496 e. The van der Waals surface area contributed by atoms with Crippen LogP contribution in [0.2, 0.25) is 0 Å². The molecule has 0 radical (unpaired) electrons. The van der Waals surface area contributed by atoms with Crippen LogP contribution in [0.1, 0.15) is 29.9 Å². The van der Waals surface area contributed by atoms with Gasteiger partial charge in [-0.2, -0.15) is 0 Å². The average molecular weight is 474 g/mol. The van der Waals surface area contributed by atoms with Gasteiger partial charge in [-0.1, -0.05) is 52.3 Å². The summed E-state index contributed by atoms with van der Waals surface area (Å²) in [4.78, 5) is 13.2. The van der Waals surface area contributed by atoms with Crippen molar-refractivity contribution in [3.8, 4) is 5.75 Å². The van der Waals surface area contributed by atoms with E-state index in [2.05, 4.69) is 20.7 Å². The molecule has 1 N–H and O–H groups in total. The summed E-state index contributed by atoms with van der Waals surface area (Å²) in [6.07, 6.45) is 2.15. The summed E-state index contributed by atoms with van der Waals surface area (Å²) >= 11 is 3.53. The Balaban J connectivity index is 1.71. The van der Waals surface area contributed by atoms with Crippen molar-refractivity contribution in [1.82, 2.24) is 4.72 Å². The van der Waals surface area contributed by atoms with E-state index in [1.807, 2.05) is 30.3 Å². The first-order chi connectivity index (χ1) is 13.9. The van der Waals surface area contributed by atoms with Crippen molar-refractivity contribution in [3.63, 3.8) is 0 Å². The van der Waals surface area contributed by atoms with E-state index in [0.717, 1.165) is 39.6 Å². The highest BCUT2D eigenvalue weighted by Gasteiger charge is 2.33. The SMILES string of the molecule is COc1ccc(Br)c2c1CCC[C@H]2C(=O)NS(=O)(=O)c1cccc2ccccc12. The van der Waals surface area contributed by atoms with Crippen molar-refractivity contribution in [2.45, 2.75) is 30.1 Å². The average Bonchev–Trinajstić information content (AvgIpc) is 2.73. The van der Waals surface area contributed by atoms with Crippen molar-refractivity contribution in [3.05, 3.63) is 70.2 Å². The van der Waals surface area contributed by atoms with Gasteiger partial charge in [0.1, 0.15) is 5.75 Å². The number of amides is 1. The number of ether oxygens (including phenoxy) is 1. The van der Waals surface area contributed by atoms with Gasteiger partial charge in [-0.25, -0.2) is 13.1 Å². The second-order valence-corrected chi connectivity index (χ2v) is 9.54. The normalized spacial score (nSPS) is 16.3. The van der Waals surface area contributed by atoms with Crippen LogP contribution in [0.15, 0.2) is 64.0 Å². The zero-order valence-corrected chi connectivity index (χ0v) is 18.2. The lowest BCUT2D eigenvalue weighted by molar-refractivity contribution is -0.121. The predicted molar refractivity (Wildman–Crippen MR) is 116 cm³/mol. The van der Waals surface area contributed by atoms with E-state index >= 15 is 0 Å². The highest BCUT2D eigenvalue weighted by atomic mass is 79.9. The third-order valence-electron chi connectivity index (χ3n) is 5.34. The number of rotatable bonds is 4. The van der Waals surface area contributed by atoms with Crippen LogP contribution in [0.25, 0.3) is 10.8 Å². The van der Waals surface area contributed by atoms with Crippen molar-refractivity contribution in [1.29, 1.82) is 0 Å². The molecule has 3 aromatic rings. The molecule has 0 aromatic heterocycles. The van der Waals surface area contributed by atoms with Crippen molar-refractivity contribution >= 4 is 42.6 Å². The van der Waals surface area contributed by atoms with Crippen molar-refractivity contribution in [2.75, 3.05) is 7.11 Å². The number of hydrogen-bond donors (Lipinski definition) is 1. The van der Waals surface area contributed by atoms with E-state index in [0.29, 0.717) is 11.8 Å². The molecule has 150 valence electrons. The largest absolute Gasteiger partial charge is 0.496 e. The van der Waals surface area contributed by atoms with Crippen LogP contribution in [0, 0.1) is 0 Å². The van der Waals surface area contributed by atoms with Crippen LogP contribution in [0.5, 0.6) is 5.75 Å². The number of sulfonamides is 1.